The molecule has 1 aliphatic carbocycles. The molecule has 1 saturated heterocycles. The minimum absolute atomic E-state index is 0. The van der Waals surface area contributed by atoms with Crippen LogP contribution < -0.4 is 5.32 Å². The van der Waals surface area contributed by atoms with Gasteiger partial charge in [0.2, 0.25) is 0 Å². The van der Waals surface area contributed by atoms with Crippen molar-refractivity contribution in [2.75, 3.05) is 45.9 Å². The van der Waals surface area contributed by atoms with Crippen molar-refractivity contribution in [3.05, 3.63) is 35.9 Å². The Bertz CT molecular complexity index is 626. The quantitative estimate of drug-likeness (QED) is 0.395. The summed E-state index contributed by atoms with van der Waals surface area (Å²) in [6.07, 6.45) is 2.20. The Kier molecular flexibility index (Phi) is 8.19. The second-order valence-electron chi connectivity index (χ2n) is 6.99. The molecule has 0 spiro atoms. The molecule has 1 aromatic carbocycles. The Morgan fingerprint density at radius 2 is 1.74 bits per heavy atom. The highest BCUT2D eigenvalue weighted by Crippen LogP contribution is 2.48. The van der Waals surface area contributed by atoms with E-state index in [4.69, 9.17) is 9.73 Å². The SMILES string of the molecule is CCNC(=NCC1(c2ccccc2)CC1)N1CCN(C(=O)OCC)CC1.I. The number of piperazine rings is 1. The van der Waals surface area contributed by atoms with Gasteiger partial charge in [0.1, 0.15) is 0 Å². The van der Waals surface area contributed by atoms with Crippen LogP contribution in [0.3, 0.4) is 0 Å². The number of guanidine groups is 1. The summed E-state index contributed by atoms with van der Waals surface area (Å²) in [6.45, 7) is 8.92. The zero-order valence-corrected chi connectivity index (χ0v) is 18.6. The summed E-state index contributed by atoms with van der Waals surface area (Å²) in [5.74, 6) is 0.957. The maximum atomic E-state index is 11.9. The number of aliphatic imine (C=N–C) groups is 1. The first kappa shape index (κ1) is 21.8. The lowest BCUT2D eigenvalue weighted by Gasteiger charge is -2.36. The minimum atomic E-state index is -0.213. The lowest BCUT2D eigenvalue weighted by molar-refractivity contribution is 0.0914. The molecule has 1 aliphatic heterocycles. The van der Waals surface area contributed by atoms with E-state index in [0.717, 1.165) is 32.1 Å². The van der Waals surface area contributed by atoms with Crippen molar-refractivity contribution in [3.63, 3.8) is 0 Å². The lowest BCUT2D eigenvalue weighted by Crippen LogP contribution is -2.54. The van der Waals surface area contributed by atoms with Gasteiger partial charge in [-0.2, -0.15) is 0 Å². The third kappa shape index (κ3) is 5.49. The fourth-order valence-electron chi connectivity index (χ4n) is 3.45. The molecule has 7 heteroatoms. The third-order valence-electron chi connectivity index (χ3n) is 5.21. The van der Waals surface area contributed by atoms with Crippen LogP contribution in [0.2, 0.25) is 0 Å². The van der Waals surface area contributed by atoms with Crippen LogP contribution >= 0.6 is 24.0 Å². The number of carbonyl (C=O) groups excluding carboxylic acids is 1. The summed E-state index contributed by atoms with van der Waals surface area (Å²) in [6, 6.07) is 10.7. The lowest BCUT2D eigenvalue weighted by atomic mass is 9.96. The normalized spacial score (nSPS) is 18.5. The molecule has 6 nitrogen and oxygen atoms in total. The molecule has 1 amide bonds. The van der Waals surface area contributed by atoms with Crippen molar-refractivity contribution >= 4 is 36.0 Å². The van der Waals surface area contributed by atoms with Crippen LogP contribution in [-0.2, 0) is 10.2 Å². The van der Waals surface area contributed by atoms with Crippen LogP contribution in [0.4, 0.5) is 4.79 Å². The molecule has 0 atom stereocenters. The summed E-state index contributed by atoms with van der Waals surface area (Å²) >= 11 is 0. The molecule has 1 saturated carbocycles. The smallest absolute Gasteiger partial charge is 0.409 e. The van der Waals surface area contributed by atoms with E-state index in [9.17, 15) is 4.79 Å². The predicted molar refractivity (Wildman–Crippen MR) is 119 cm³/mol. The van der Waals surface area contributed by atoms with Crippen LogP contribution in [0.5, 0.6) is 0 Å². The van der Waals surface area contributed by atoms with Gasteiger partial charge in [-0.25, -0.2) is 4.79 Å². The first-order valence-electron chi connectivity index (χ1n) is 9.69. The fourth-order valence-corrected chi connectivity index (χ4v) is 3.45. The molecule has 150 valence electrons. The summed E-state index contributed by atoms with van der Waals surface area (Å²) in [4.78, 5) is 20.8. The molecule has 0 radical (unpaired) electrons. The Morgan fingerprint density at radius 3 is 2.30 bits per heavy atom. The van der Waals surface area contributed by atoms with Gasteiger partial charge in [0, 0.05) is 38.1 Å². The Hall–Kier alpha value is -1.51. The van der Waals surface area contributed by atoms with Gasteiger partial charge in [0.15, 0.2) is 5.96 Å². The molecule has 3 rings (SSSR count). The van der Waals surface area contributed by atoms with E-state index in [0.29, 0.717) is 19.7 Å². The van der Waals surface area contributed by atoms with Crippen molar-refractivity contribution in [2.24, 2.45) is 4.99 Å². The predicted octanol–water partition coefficient (Wildman–Crippen LogP) is 3.08. The third-order valence-corrected chi connectivity index (χ3v) is 5.21. The maximum Gasteiger partial charge on any atom is 0.409 e. The topological polar surface area (TPSA) is 57.2 Å². The number of hydrogen-bond acceptors (Lipinski definition) is 3. The number of halogens is 1. The van der Waals surface area contributed by atoms with Crippen LogP contribution in [0.15, 0.2) is 35.3 Å². The maximum absolute atomic E-state index is 11.9. The van der Waals surface area contributed by atoms with Gasteiger partial charge in [0.05, 0.1) is 13.2 Å². The van der Waals surface area contributed by atoms with Gasteiger partial charge in [0.25, 0.3) is 0 Å². The number of amides is 1. The van der Waals surface area contributed by atoms with Gasteiger partial charge >= 0.3 is 6.09 Å². The zero-order valence-electron chi connectivity index (χ0n) is 16.3. The van der Waals surface area contributed by atoms with E-state index in [1.54, 1.807) is 4.90 Å². The summed E-state index contributed by atoms with van der Waals surface area (Å²) in [7, 11) is 0. The number of carbonyl (C=O) groups is 1. The molecule has 0 bridgehead atoms. The van der Waals surface area contributed by atoms with E-state index in [1.165, 1.54) is 18.4 Å². The van der Waals surface area contributed by atoms with Gasteiger partial charge < -0.3 is 19.9 Å². The number of hydrogen-bond donors (Lipinski definition) is 1. The fraction of sp³-hybridized carbons (Fsp3) is 0.600. The van der Waals surface area contributed by atoms with E-state index in [2.05, 4.69) is 47.5 Å². The highest BCUT2D eigenvalue weighted by atomic mass is 127. The van der Waals surface area contributed by atoms with Crippen LogP contribution in [-0.4, -0.2) is 67.7 Å². The van der Waals surface area contributed by atoms with E-state index < -0.39 is 0 Å². The van der Waals surface area contributed by atoms with Crippen molar-refractivity contribution < 1.29 is 9.53 Å². The molecule has 2 fully saturated rings. The molecule has 0 unspecified atom stereocenters. The van der Waals surface area contributed by atoms with E-state index in [1.807, 2.05) is 6.92 Å². The first-order valence-corrected chi connectivity index (χ1v) is 9.69. The standard InChI is InChI=1S/C20H30N4O2.HI/c1-3-21-18(23-12-14-24(15-13-23)19(25)26-4-2)22-16-20(10-11-20)17-8-6-5-7-9-17;/h5-9H,3-4,10-16H2,1-2H3,(H,21,22);1H. The zero-order chi connectivity index (χ0) is 18.4. The van der Waals surface area contributed by atoms with E-state index in [-0.39, 0.29) is 35.5 Å². The number of benzene rings is 1. The summed E-state index contributed by atoms with van der Waals surface area (Å²) < 4.78 is 5.10. The van der Waals surface area contributed by atoms with Crippen LogP contribution in [0.25, 0.3) is 0 Å². The molecular weight excluding hydrogens is 455 g/mol. The average Bonchev–Trinajstić information content (AvgIpc) is 3.47. The minimum Gasteiger partial charge on any atom is -0.450 e. The summed E-state index contributed by atoms with van der Waals surface area (Å²) in [5.41, 5.74) is 1.61. The molecule has 0 aromatic heterocycles. The highest BCUT2D eigenvalue weighted by Gasteiger charge is 2.44. The second kappa shape index (κ2) is 10.1. The van der Waals surface area contributed by atoms with Gasteiger partial charge in [-0.3, -0.25) is 4.99 Å². The van der Waals surface area contributed by atoms with Crippen molar-refractivity contribution in [2.45, 2.75) is 32.1 Å². The van der Waals surface area contributed by atoms with E-state index >= 15 is 0 Å². The Balaban J connectivity index is 0.00000261. The van der Waals surface area contributed by atoms with Crippen molar-refractivity contribution in [3.8, 4) is 0 Å². The van der Waals surface area contributed by atoms with Gasteiger partial charge in [-0.15, -0.1) is 24.0 Å². The largest absolute Gasteiger partial charge is 0.450 e. The number of nitrogens with zero attached hydrogens (tertiary/aromatic N) is 3. The van der Waals surface area contributed by atoms with Gasteiger partial charge in [-0.05, 0) is 32.3 Å². The molecule has 27 heavy (non-hydrogen) atoms. The number of ether oxygens (including phenoxy) is 1. The number of rotatable bonds is 5. The first-order chi connectivity index (χ1) is 12.7. The molecule has 1 N–H and O–H groups in total. The molecule has 1 aromatic rings. The summed E-state index contributed by atoms with van der Waals surface area (Å²) in [5, 5.41) is 3.41. The van der Waals surface area contributed by atoms with Crippen molar-refractivity contribution in [1.82, 2.24) is 15.1 Å². The number of nitrogens with one attached hydrogen (secondary N) is 1. The monoisotopic (exact) mass is 486 g/mol. The molecular formula is C20H31IN4O2. The van der Waals surface area contributed by atoms with Crippen molar-refractivity contribution in [1.29, 1.82) is 0 Å². The molecule has 2 aliphatic rings. The Labute approximate surface area is 179 Å². The van der Waals surface area contributed by atoms with Gasteiger partial charge in [-0.1, -0.05) is 30.3 Å². The average molecular weight is 486 g/mol. The molecule has 1 heterocycles. The Morgan fingerprint density at radius 1 is 1.11 bits per heavy atom. The van der Waals surface area contributed by atoms with Crippen LogP contribution in [0, 0.1) is 0 Å². The second-order valence-corrected chi connectivity index (χ2v) is 6.99. The van der Waals surface area contributed by atoms with Crippen LogP contribution in [0.1, 0.15) is 32.3 Å². The highest BCUT2D eigenvalue weighted by molar-refractivity contribution is 14.0.